The number of ether oxygens (including phenoxy) is 4. The van der Waals surface area contributed by atoms with E-state index in [9.17, 15) is 96.6 Å². The van der Waals surface area contributed by atoms with E-state index in [1.54, 1.807) is 9.47 Å². The first kappa shape index (κ1) is 35.5. The summed E-state index contributed by atoms with van der Waals surface area (Å²) in [4.78, 5) is 0. The van der Waals surface area contributed by atoms with Crippen LogP contribution in [0.1, 0.15) is 0 Å². The van der Waals surface area contributed by atoms with Gasteiger partial charge in [-0.3, -0.25) is 9.47 Å². The van der Waals surface area contributed by atoms with Crippen LogP contribution in [0.5, 0.6) is 0 Å². The average molecular weight is 626 g/mol. The van der Waals surface area contributed by atoms with E-state index in [1.807, 2.05) is 0 Å². The third-order valence-corrected chi connectivity index (χ3v) is 3.09. The summed E-state index contributed by atoms with van der Waals surface area (Å²) in [6.45, 7) is 0. The molecule has 2 atom stereocenters. The van der Waals surface area contributed by atoms with Crippen LogP contribution in [-0.2, 0) is 18.9 Å². The molecule has 0 radical (unpaired) electrons. The van der Waals surface area contributed by atoms with Crippen LogP contribution in [0.25, 0.3) is 0 Å². The molecule has 2 unspecified atom stereocenters. The summed E-state index contributed by atoms with van der Waals surface area (Å²) in [7, 11) is 0. The van der Waals surface area contributed by atoms with Gasteiger partial charge in [-0.15, -0.1) is 0 Å². The second kappa shape index (κ2) is 10.2. The zero-order chi connectivity index (χ0) is 31.1. The van der Waals surface area contributed by atoms with Gasteiger partial charge in [-0.05, 0) is 0 Å². The average Bonchev–Trinajstić information content (AvgIpc) is 2.63. The lowest BCUT2D eigenvalue weighted by atomic mass is 10.2. The van der Waals surface area contributed by atoms with Gasteiger partial charge in [0.1, 0.15) is 0 Å². The fraction of sp³-hybridized carbons (Fsp3) is 0.667. The van der Waals surface area contributed by atoms with Gasteiger partial charge in [-0.2, -0.15) is 96.6 Å². The molecule has 0 aliphatic heterocycles. The Labute approximate surface area is 189 Å². The van der Waals surface area contributed by atoms with Crippen LogP contribution >= 0.6 is 0 Å². The molecule has 0 spiro atoms. The molecule has 0 fully saturated rings. The Morgan fingerprint density at radius 2 is 0.605 bits per heavy atom. The van der Waals surface area contributed by atoms with Gasteiger partial charge in [0.05, 0.1) is 0 Å². The van der Waals surface area contributed by atoms with Crippen molar-refractivity contribution in [3.05, 3.63) is 24.2 Å². The maximum Gasteiger partial charge on any atom is 0.495 e. The zero-order valence-corrected chi connectivity index (χ0v) is 15.9. The lowest BCUT2D eigenvalue weighted by Crippen LogP contribution is -2.69. The van der Waals surface area contributed by atoms with Crippen LogP contribution in [0, 0.1) is 0 Å². The second-order valence-electron chi connectivity index (χ2n) is 5.73. The Morgan fingerprint density at radius 3 is 0.895 bits per heavy atom. The van der Waals surface area contributed by atoms with Crippen molar-refractivity contribution < 1.29 is 116 Å². The molecule has 0 saturated carbocycles. The topological polar surface area (TPSA) is 36.9 Å². The van der Waals surface area contributed by atoms with Crippen LogP contribution in [0.2, 0.25) is 0 Å². The minimum Gasteiger partial charge on any atom is -0.398 e. The van der Waals surface area contributed by atoms with E-state index in [4.69, 9.17) is 0 Å². The van der Waals surface area contributed by atoms with Crippen molar-refractivity contribution in [2.75, 3.05) is 0 Å². The van der Waals surface area contributed by atoms with E-state index < -0.39 is 72.7 Å². The van der Waals surface area contributed by atoms with Gasteiger partial charge in [0.15, 0.2) is 0 Å². The molecule has 226 valence electrons. The molecule has 0 aliphatic carbocycles. The van der Waals surface area contributed by atoms with Gasteiger partial charge in [-0.1, -0.05) is 0 Å². The summed E-state index contributed by atoms with van der Waals surface area (Å²) in [6, 6.07) is -8.41. The Kier molecular flexibility index (Phi) is 9.53. The molecular weight excluding hydrogens is 626 g/mol. The summed E-state index contributed by atoms with van der Waals surface area (Å²) < 4.78 is 288. The predicted molar refractivity (Wildman–Crippen MR) is 64.6 cm³/mol. The van der Waals surface area contributed by atoms with Crippen molar-refractivity contribution in [3.63, 3.8) is 0 Å². The Hall–Kier alpha value is -2.54. The Morgan fingerprint density at radius 1 is 0.342 bits per heavy atom. The highest BCUT2D eigenvalue weighted by Crippen LogP contribution is 2.57. The molecule has 4 nitrogen and oxygen atoms in total. The molecule has 26 heteroatoms. The van der Waals surface area contributed by atoms with Crippen molar-refractivity contribution in [1.29, 1.82) is 0 Å². The highest BCUT2D eigenvalue weighted by molar-refractivity contribution is 4.97. The van der Waals surface area contributed by atoms with E-state index in [1.165, 1.54) is 9.47 Å². The summed E-state index contributed by atoms with van der Waals surface area (Å²) in [5.41, 5.74) is 0. The number of hydrogen-bond donors (Lipinski definition) is 0. The lowest BCUT2D eigenvalue weighted by Gasteiger charge is -2.41. The first-order chi connectivity index (χ1) is 16.3. The molecule has 0 N–H and O–H groups in total. The van der Waals surface area contributed by atoms with Crippen molar-refractivity contribution in [1.82, 2.24) is 0 Å². The van der Waals surface area contributed by atoms with E-state index >= 15 is 0 Å². The van der Waals surface area contributed by atoms with Gasteiger partial charge in [0, 0.05) is 0 Å². The SMILES string of the molecule is FC(F)=C(F)OC(F)(F)C(F)(F)OC(F)(C(F)(F)F)C(F)(F)OC(F)(C(F)(F)F)C(F)(F)OC(F)=C(F)F. The number of alkyl halides is 16. The highest BCUT2D eigenvalue weighted by atomic mass is 19.4. The fourth-order valence-electron chi connectivity index (χ4n) is 1.47. The van der Waals surface area contributed by atoms with E-state index in [2.05, 4.69) is 0 Å². The molecule has 38 heavy (non-hydrogen) atoms. The summed E-state index contributed by atoms with van der Waals surface area (Å²) >= 11 is 0. The highest BCUT2D eigenvalue weighted by Gasteiger charge is 2.86. The first-order valence-electron chi connectivity index (χ1n) is 7.54. The van der Waals surface area contributed by atoms with Gasteiger partial charge in [-0.25, -0.2) is 0 Å². The quantitative estimate of drug-likeness (QED) is 0.173. The molecule has 0 heterocycles. The lowest BCUT2D eigenvalue weighted by molar-refractivity contribution is -0.572. The van der Waals surface area contributed by atoms with E-state index in [0.717, 1.165) is 0 Å². The van der Waals surface area contributed by atoms with Gasteiger partial charge < -0.3 is 9.47 Å². The van der Waals surface area contributed by atoms with Crippen LogP contribution in [0.4, 0.5) is 96.6 Å². The maximum atomic E-state index is 13.9. The Bertz CT molecular complexity index is 910. The molecule has 0 aromatic heterocycles. The third kappa shape index (κ3) is 6.71. The molecule has 0 rings (SSSR count). The minimum atomic E-state index is -8.45. The standard InChI is InChI=1S/C12F22O4/c13-1(14)3(17)35-9(27,28)5(19,7(21,22)23)37-10(29,30)6(20,8(24,25)26)38-12(33,34)11(31,32)36-4(18)2(15)16. The second-order valence-corrected chi connectivity index (χ2v) is 5.73. The number of halogens is 22. The Balaban J connectivity index is 6.95. The van der Waals surface area contributed by atoms with E-state index in [0.29, 0.717) is 0 Å². The third-order valence-electron chi connectivity index (χ3n) is 3.09. The van der Waals surface area contributed by atoms with Crippen LogP contribution in [0.15, 0.2) is 24.2 Å². The molecular formula is C12F22O4. The number of rotatable bonds is 11. The predicted octanol–water partition coefficient (Wildman–Crippen LogP) is 7.95. The molecule has 0 aromatic rings. The van der Waals surface area contributed by atoms with Crippen LogP contribution in [0.3, 0.4) is 0 Å². The normalized spacial score (nSPS) is 17.3. The van der Waals surface area contributed by atoms with Gasteiger partial charge in [0.2, 0.25) is 0 Å². The van der Waals surface area contributed by atoms with Crippen LogP contribution < -0.4 is 0 Å². The number of hydrogen-bond acceptors (Lipinski definition) is 4. The summed E-state index contributed by atoms with van der Waals surface area (Å²) in [5.74, 6) is -16.6. The van der Waals surface area contributed by atoms with Crippen molar-refractivity contribution in [2.45, 2.75) is 48.5 Å². The fourth-order valence-corrected chi connectivity index (χ4v) is 1.47. The molecule has 0 saturated heterocycles. The molecule has 0 bridgehead atoms. The summed E-state index contributed by atoms with van der Waals surface area (Å²) in [5, 5.41) is 0. The molecule has 0 aromatic carbocycles. The monoisotopic (exact) mass is 626 g/mol. The first-order valence-corrected chi connectivity index (χ1v) is 7.54. The van der Waals surface area contributed by atoms with Crippen LogP contribution in [-0.4, -0.2) is 48.5 Å². The molecule has 0 amide bonds. The maximum absolute atomic E-state index is 13.9. The van der Waals surface area contributed by atoms with E-state index in [-0.39, 0.29) is 0 Å². The van der Waals surface area contributed by atoms with Crippen molar-refractivity contribution in [3.8, 4) is 0 Å². The summed E-state index contributed by atoms with van der Waals surface area (Å²) in [6.07, 6.45) is -56.2. The van der Waals surface area contributed by atoms with Crippen molar-refractivity contribution >= 4 is 0 Å². The smallest absolute Gasteiger partial charge is 0.398 e. The largest absolute Gasteiger partial charge is 0.495 e. The zero-order valence-electron chi connectivity index (χ0n) is 15.9. The van der Waals surface area contributed by atoms with Gasteiger partial charge in [0.25, 0.3) is 0 Å². The van der Waals surface area contributed by atoms with Crippen molar-refractivity contribution in [2.24, 2.45) is 0 Å². The minimum absolute atomic E-state index is 1.23. The van der Waals surface area contributed by atoms with Gasteiger partial charge >= 0.3 is 72.7 Å². The molecule has 0 aliphatic rings.